The molecule has 1 unspecified atom stereocenters. The van der Waals surface area contributed by atoms with Crippen LogP contribution in [0.2, 0.25) is 0 Å². The zero-order chi connectivity index (χ0) is 15.1. The molecule has 108 valence electrons. The van der Waals surface area contributed by atoms with E-state index in [1.807, 2.05) is 0 Å². The lowest BCUT2D eigenvalue weighted by Crippen LogP contribution is -2.41. The molecule has 1 aliphatic heterocycles. The Morgan fingerprint density at radius 2 is 2.00 bits per heavy atom. The number of amides is 2. The zero-order valence-corrected chi connectivity index (χ0v) is 11.9. The molecule has 8 heteroatoms. The van der Waals surface area contributed by atoms with Gasteiger partial charge in [-0.2, -0.15) is 4.72 Å². The standard InChI is InChI=1S/C12H15N3O4S/c1-7-4-3-5-8(13)11(7)20(18,19)14-9-6-10(16)15(2)12(9)17/h3-5,9,14H,6,13H2,1-2H3. The molecule has 0 aromatic heterocycles. The third-order valence-corrected chi connectivity index (χ3v) is 4.88. The quantitative estimate of drug-likeness (QED) is 0.583. The Hall–Kier alpha value is -1.93. The molecule has 0 aliphatic carbocycles. The molecular weight excluding hydrogens is 282 g/mol. The van der Waals surface area contributed by atoms with E-state index in [1.165, 1.54) is 13.1 Å². The minimum Gasteiger partial charge on any atom is -0.398 e. The summed E-state index contributed by atoms with van der Waals surface area (Å²) in [5, 5.41) is 0. The second-order valence-corrected chi connectivity index (χ2v) is 6.31. The number of carbonyl (C=O) groups is 2. The van der Waals surface area contributed by atoms with E-state index in [0.717, 1.165) is 4.90 Å². The number of hydrogen-bond donors (Lipinski definition) is 2. The number of benzene rings is 1. The molecule has 1 saturated heterocycles. The fourth-order valence-electron chi connectivity index (χ4n) is 2.14. The zero-order valence-electron chi connectivity index (χ0n) is 11.1. The molecule has 1 aromatic rings. The van der Waals surface area contributed by atoms with Crippen LogP contribution in [0.3, 0.4) is 0 Å². The van der Waals surface area contributed by atoms with Gasteiger partial charge in [-0.1, -0.05) is 12.1 Å². The van der Waals surface area contributed by atoms with Crippen molar-refractivity contribution in [2.45, 2.75) is 24.3 Å². The van der Waals surface area contributed by atoms with Crippen molar-refractivity contribution in [3.05, 3.63) is 23.8 Å². The van der Waals surface area contributed by atoms with Gasteiger partial charge in [0.25, 0.3) is 0 Å². The lowest BCUT2D eigenvalue weighted by atomic mass is 10.2. The van der Waals surface area contributed by atoms with Gasteiger partial charge in [-0.3, -0.25) is 14.5 Å². The number of imide groups is 1. The Balaban J connectivity index is 2.34. The summed E-state index contributed by atoms with van der Waals surface area (Å²) in [6, 6.07) is 3.65. The van der Waals surface area contributed by atoms with Crippen molar-refractivity contribution < 1.29 is 18.0 Å². The molecule has 0 spiro atoms. The molecule has 1 atom stereocenters. The molecule has 20 heavy (non-hydrogen) atoms. The van der Waals surface area contributed by atoms with Gasteiger partial charge < -0.3 is 5.73 Å². The summed E-state index contributed by atoms with van der Waals surface area (Å²) in [6.45, 7) is 1.61. The summed E-state index contributed by atoms with van der Waals surface area (Å²) in [5.74, 6) is -0.980. The normalized spacial score (nSPS) is 19.7. The minimum absolute atomic E-state index is 0.0604. The number of rotatable bonds is 3. The smallest absolute Gasteiger partial charge is 0.247 e. The van der Waals surface area contributed by atoms with Gasteiger partial charge in [-0.05, 0) is 18.6 Å². The summed E-state index contributed by atoms with van der Waals surface area (Å²) in [6.07, 6.45) is -0.180. The molecule has 7 nitrogen and oxygen atoms in total. The maximum absolute atomic E-state index is 12.3. The third kappa shape index (κ3) is 2.39. The van der Waals surface area contributed by atoms with E-state index in [2.05, 4.69) is 4.72 Å². The van der Waals surface area contributed by atoms with Gasteiger partial charge in [-0.15, -0.1) is 0 Å². The van der Waals surface area contributed by atoms with E-state index in [0.29, 0.717) is 5.56 Å². The molecule has 1 heterocycles. The molecule has 3 N–H and O–H groups in total. The van der Waals surface area contributed by atoms with Crippen molar-refractivity contribution >= 4 is 27.5 Å². The molecule has 1 aromatic carbocycles. The van der Waals surface area contributed by atoms with Gasteiger partial charge in [0, 0.05) is 7.05 Å². The van der Waals surface area contributed by atoms with Crippen LogP contribution in [-0.2, 0) is 19.6 Å². The van der Waals surface area contributed by atoms with E-state index in [9.17, 15) is 18.0 Å². The number of anilines is 1. The van der Waals surface area contributed by atoms with Crippen LogP contribution in [0, 0.1) is 6.92 Å². The molecule has 0 bridgehead atoms. The first-order valence-electron chi connectivity index (χ1n) is 5.92. The van der Waals surface area contributed by atoms with Crippen molar-refractivity contribution in [1.29, 1.82) is 0 Å². The van der Waals surface area contributed by atoms with Crippen molar-refractivity contribution in [3.8, 4) is 0 Å². The van der Waals surface area contributed by atoms with Crippen LogP contribution in [0.15, 0.2) is 23.1 Å². The molecular formula is C12H15N3O4S. The van der Waals surface area contributed by atoms with Gasteiger partial charge in [0.15, 0.2) is 0 Å². The van der Waals surface area contributed by atoms with E-state index in [4.69, 9.17) is 5.73 Å². The SMILES string of the molecule is Cc1cccc(N)c1S(=O)(=O)NC1CC(=O)N(C)C1=O. The van der Waals surface area contributed by atoms with Crippen LogP contribution in [0.5, 0.6) is 0 Å². The van der Waals surface area contributed by atoms with Gasteiger partial charge in [0.1, 0.15) is 10.9 Å². The second kappa shape index (κ2) is 4.88. The van der Waals surface area contributed by atoms with Crippen LogP contribution in [0.1, 0.15) is 12.0 Å². The Morgan fingerprint density at radius 1 is 1.35 bits per heavy atom. The second-order valence-electron chi connectivity index (χ2n) is 4.66. The summed E-state index contributed by atoms with van der Waals surface area (Å²) < 4.78 is 26.9. The summed E-state index contributed by atoms with van der Waals surface area (Å²) in [5.41, 5.74) is 6.26. The number of nitrogens with two attached hydrogens (primary N) is 1. The van der Waals surface area contributed by atoms with Crippen LogP contribution < -0.4 is 10.5 Å². The van der Waals surface area contributed by atoms with Crippen LogP contribution >= 0.6 is 0 Å². The number of likely N-dealkylation sites (N-methyl/N-ethyl adjacent to an activating group) is 1. The molecule has 1 aliphatic rings. The van der Waals surface area contributed by atoms with Crippen LogP contribution in [0.4, 0.5) is 5.69 Å². The first-order chi connectivity index (χ1) is 9.24. The van der Waals surface area contributed by atoms with E-state index in [-0.39, 0.29) is 17.0 Å². The maximum Gasteiger partial charge on any atom is 0.247 e. The number of likely N-dealkylation sites (tertiary alicyclic amines) is 1. The lowest BCUT2D eigenvalue weighted by molar-refractivity contribution is -0.137. The number of aryl methyl sites for hydroxylation is 1. The number of sulfonamides is 1. The molecule has 2 rings (SSSR count). The topological polar surface area (TPSA) is 110 Å². The Kier molecular flexibility index (Phi) is 3.53. The van der Waals surface area contributed by atoms with E-state index >= 15 is 0 Å². The molecule has 0 radical (unpaired) electrons. The average molecular weight is 297 g/mol. The van der Waals surface area contributed by atoms with E-state index in [1.54, 1.807) is 19.1 Å². The Labute approximate surface area is 116 Å². The highest BCUT2D eigenvalue weighted by atomic mass is 32.2. The summed E-state index contributed by atoms with van der Waals surface area (Å²) in [7, 11) is -2.64. The number of nitrogens with one attached hydrogen (secondary N) is 1. The van der Waals surface area contributed by atoms with Gasteiger partial charge in [0.05, 0.1) is 12.1 Å². The van der Waals surface area contributed by atoms with Crippen molar-refractivity contribution in [2.24, 2.45) is 0 Å². The van der Waals surface area contributed by atoms with Crippen molar-refractivity contribution in [3.63, 3.8) is 0 Å². The predicted octanol–water partition coefficient (Wildman–Crippen LogP) is -0.387. The van der Waals surface area contributed by atoms with Gasteiger partial charge in [0.2, 0.25) is 21.8 Å². The summed E-state index contributed by atoms with van der Waals surface area (Å²) in [4.78, 5) is 24.0. The third-order valence-electron chi connectivity index (χ3n) is 3.19. The minimum atomic E-state index is -3.96. The number of nitrogens with zero attached hydrogens (tertiary/aromatic N) is 1. The fourth-order valence-corrected chi connectivity index (χ4v) is 3.68. The maximum atomic E-state index is 12.3. The first-order valence-corrected chi connectivity index (χ1v) is 7.40. The molecule has 0 saturated carbocycles. The summed E-state index contributed by atoms with van der Waals surface area (Å²) >= 11 is 0. The highest BCUT2D eigenvalue weighted by Crippen LogP contribution is 2.23. The van der Waals surface area contributed by atoms with Gasteiger partial charge >= 0.3 is 0 Å². The van der Waals surface area contributed by atoms with Crippen molar-refractivity contribution in [1.82, 2.24) is 9.62 Å². The lowest BCUT2D eigenvalue weighted by Gasteiger charge is -2.14. The highest BCUT2D eigenvalue weighted by Gasteiger charge is 2.39. The molecule has 1 fully saturated rings. The van der Waals surface area contributed by atoms with Crippen LogP contribution in [-0.4, -0.2) is 38.2 Å². The average Bonchev–Trinajstić information content (AvgIpc) is 2.56. The van der Waals surface area contributed by atoms with Gasteiger partial charge in [-0.25, -0.2) is 8.42 Å². The van der Waals surface area contributed by atoms with Crippen LogP contribution in [0.25, 0.3) is 0 Å². The Morgan fingerprint density at radius 3 is 2.50 bits per heavy atom. The number of hydrogen-bond acceptors (Lipinski definition) is 5. The fraction of sp³-hybridized carbons (Fsp3) is 0.333. The number of carbonyl (C=O) groups excluding carboxylic acids is 2. The highest BCUT2D eigenvalue weighted by molar-refractivity contribution is 7.89. The molecule has 2 amide bonds. The monoisotopic (exact) mass is 297 g/mol. The number of nitrogen functional groups attached to an aromatic ring is 1. The largest absolute Gasteiger partial charge is 0.398 e. The Bertz CT molecular complexity index is 664. The van der Waals surface area contributed by atoms with Crippen molar-refractivity contribution in [2.75, 3.05) is 12.8 Å². The van der Waals surface area contributed by atoms with E-state index < -0.39 is 27.9 Å². The first kappa shape index (κ1) is 14.5. The predicted molar refractivity (Wildman–Crippen MR) is 72.1 cm³/mol.